The van der Waals surface area contributed by atoms with Gasteiger partial charge in [0.1, 0.15) is 0 Å². The van der Waals surface area contributed by atoms with E-state index in [9.17, 15) is 13.2 Å². The van der Waals surface area contributed by atoms with Crippen molar-refractivity contribution in [1.29, 1.82) is 0 Å². The van der Waals surface area contributed by atoms with Gasteiger partial charge in [-0.3, -0.25) is 0 Å². The third kappa shape index (κ3) is 2.70. The first kappa shape index (κ1) is 13.0. The fourth-order valence-corrected chi connectivity index (χ4v) is 2.52. The first-order valence-electron chi connectivity index (χ1n) is 5.38. The molecule has 0 amide bonds. The summed E-state index contributed by atoms with van der Waals surface area (Å²) in [5.41, 5.74) is 5.52. The van der Waals surface area contributed by atoms with Crippen LogP contribution in [0.5, 0.6) is 0 Å². The molecular formula is C12H11F3N2S. The van der Waals surface area contributed by atoms with Gasteiger partial charge in [0, 0.05) is 23.9 Å². The van der Waals surface area contributed by atoms with Crippen LogP contribution in [0.2, 0.25) is 0 Å². The second kappa shape index (κ2) is 5.49. The van der Waals surface area contributed by atoms with E-state index in [1.807, 2.05) is 0 Å². The third-order valence-corrected chi connectivity index (χ3v) is 3.50. The lowest BCUT2D eigenvalue weighted by Crippen LogP contribution is -2.01. The van der Waals surface area contributed by atoms with Gasteiger partial charge < -0.3 is 5.73 Å². The Kier molecular flexibility index (Phi) is 3.98. The summed E-state index contributed by atoms with van der Waals surface area (Å²) in [6.45, 7) is 0.493. The lowest BCUT2D eigenvalue weighted by Gasteiger charge is -2.02. The highest BCUT2D eigenvalue weighted by Crippen LogP contribution is 2.21. The molecule has 2 nitrogen and oxygen atoms in total. The molecule has 1 heterocycles. The Balaban J connectivity index is 2.20. The molecule has 0 aliphatic carbocycles. The van der Waals surface area contributed by atoms with E-state index in [4.69, 9.17) is 5.73 Å². The van der Waals surface area contributed by atoms with E-state index in [0.717, 1.165) is 16.0 Å². The third-order valence-electron chi connectivity index (χ3n) is 2.44. The van der Waals surface area contributed by atoms with Crippen molar-refractivity contribution in [1.82, 2.24) is 4.98 Å². The smallest absolute Gasteiger partial charge is 0.194 e. The van der Waals surface area contributed by atoms with Crippen LogP contribution in [0.15, 0.2) is 18.3 Å². The van der Waals surface area contributed by atoms with Gasteiger partial charge in [0.25, 0.3) is 0 Å². The van der Waals surface area contributed by atoms with Crippen LogP contribution in [0.1, 0.15) is 15.4 Å². The molecule has 0 aliphatic rings. The highest BCUT2D eigenvalue weighted by Gasteiger charge is 2.14. The molecule has 1 aromatic heterocycles. The Morgan fingerprint density at radius 1 is 1.17 bits per heavy atom. The van der Waals surface area contributed by atoms with Gasteiger partial charge in [-0.05, 0) is 18.2 Å². The number of nitrogens with two attached hydrogens (primary N) is 1. The van der Waals surface area contributed by atoms with E-state index in [2.05, 4.69) is 4.98 Å². The maximum Gasteiger partial charge on any atom is 0.194 e. The maximum atomic E-state index is 13.5. The summed E-state index contributed by atoms with van der Waals surface area (Å²) in [5, 5.41) is 0.857. The summed E-state index contributed by atoms with van der Waals surface area (Å²) in [4.78, 5) is 4.91. The maximum absolute atomic E-state index is 13.5. The van der Waals surface area contributed by atoms with E-state index in [1.54, 1.807) is 6.20 Å². The predicted molar refractivity (Wildman–Crippen MR) is 64.0 cm³/mol. The molecule has 0 radical (unpaired) electrons. The normalized spacial score (nSPS) is 10.9. The standard InChI is InChI=1S/C12H11F3N2S/c13-9-2-1-7(11(14)12(9)15)5-8-6-17-10(18-8)3-4-16/h1-2,6H,3-5,16H2. The molecule has 0 spiro atoms. The molecule has 0 aliphatic heterocycles. The van der Waals surface area contributed by atoms with Crippen LogP contribution in [-0.4, -0.2) is 11.5 Å². The minimum absolute atomic E-state index is 0.122. The molecule has 2 aromatic rings. The van der Waals surface area contributed by atoms with Crippen LogP contribution in [0, 0.1) is 17.5 Å². The summed E-state index contributed by atoms with van der Waals surface area (Å²) in [7, 11) is 0. The molecule has 0 unspecified atom stereocenters. The Labute approximate surface area is 106 Å². The zero-order valence-corrected chi connectivity index (χ0v) is 10.2. The molecule has 0 fully saturated rings. The number of nitrogens with zero attached hydrogens (tertiary/aromatic N) is 1. The zero-order chi connectivity index (χ0) is 13.1. The van der Waals surface area contributed by atoms with E-state index < -0.39 is 17.5 Å². The summed E-state index contributed by atoms with van der Waals surface area (Å²) in [6.07, 6.45) is 2.46. The highest BCUT2D eigenvalue weighted by molar-refractivity contribution is 7.11. The van der Waals surface area contributed by atoms with Gasteiger partial charge in [-0.25, -0.2) is 18.2 Å². The van der Waals surface area contributed by atoms with Crippen molar-refractivity contribution in [2.75, 3.05) is 6.54 Å². The van der Waals surface area contributed by atoms with Crippen LogP contribution in [0.3, 0.4) is 0 Å². The molecule has 0 saturated carbocycles. The number of thiazole rings is 1. The van der Waals surface area contributed by atoms with Crippen LogP contribution in [0.4, 0.5) is 13.2 Å². The van der Waals surface area contributed by atoms with E-state index >= 15 is 0 Å². The number of aromatic nitrogens is 1. The average Bonchev–Trinajstić information content (AvgIpc) is 2.78. The molecule has 6 heteroatoms. The largest absolute Gasteiger partial charge is 0.330 e. The molecule has 0 atom stereocenters. The summed E-state index contributed by atoms with van der Waals surface area (Å²) in [6, 6.07) is 2.17. The van der Waals surface area contributed by atoms with Gasteiger partial charge in [0.15, 0.2) is 17.5 Å². The molecule has 96 valence electrons. The fraction of sp³-hybridized carbons (Fsp3) is 0.250. The molecular weight excluding hydrogens is 261 g/mol. The van der Waals surface area contributed by atoms with Crippen molar-refractivity contribution in [3.63, 3.8) is 0 Å². The molecule has 0 saturated heterocycles. The Hall–Kier alpha value is -1.40. The van der Waals surface area contributed by atoms with Crippen molar-refractivity contribution in [2.45, 2.75) is 12.8 Å². The van der Waals surface area contributed by atoms with E-state index in [1.165, 1.54) is 17.4 Å². The number of hydrogen-bond acceptors (Lipinski definition) is 3. The van der Waals surface area contributed by atoms with Gasteiger partial charge in [0.05, 0.1) is 5.01 Å². The van der Waals surface area contributed by atoms with Crippen molar-refractivity contribution >= 4 is 11.3 Å². The number of rotatable bonds is 4. The summed E-state index contributed by atoms with van der Waals surface area (Å²) in [5.74, 6) is -3.74. The second-order valence-corrected chi connectivity index (χ2v) is 4.97. The lowest BCUT2D eigenvalue weighted by molar-refractivity contribution is 0.442. The topological polar surface area (TPSA) is 38.9 Å². The van der Waals surface area contributed by atoms with Crippen LogP contribution in [0.25, 0.3) is 0 Å². The molecule has 2 rings (SSSR count). The highest BCUT2D eigenvalue weighted by atomic mass is 32.1. The molecule has 2 N–H and O–H groups in total. The van der Waals surface area contributed by atoms with Gasteiger partial charge in [-0.2, -0.15) is 0 Å². The predicted octanol–water partition coefficient (Wildman–Crippen LogP) is 2.65. The molecule has 0 bridgehead atoms. The Bertz CT molecular complexity index is 554. The quantitative estimate of drug-likeness (QED) is 0.869. The zero-order valence-electron chi connectivity index (χ0n) is 9.42. The van der Waals surface area contributed by atoms with Gasteiger partial charge >= 0.3 is 0 Å². The minimum atomic E-state index is -1.43. The van der Waals surface area contributed by atoms with Crippen molar-refractivity contribution < 1.29 is 13.2 Å². The van der Waals surface area contributed by atoms with Crippen LogP contribution >= 0.6 is 11.3 Å². The van der Waals surface area contributed by atoms with Gasteiger partial charge in [0.2, 0.25) is 0 Å². The second-order valence-electron chi connectivity index (χ2n) is 3.77. The SMILES string of the molecule is NCCc1ncc(Cc2ccc(F)c(F)c2F)s1. The van der Waals surface area contributed by atoms with Crippen molar-refractivity contribution in [2.24, 2.45) is 5.73 Å². The number of benzene rings is 1. The van der Waals surface area contributed by atoms with Crippen LogP contribution < -0.4 is 5.73 Å². The first-order chi connectivity index (χ1) is 8.61. The fourth-order valence-electron chi connectivity index (χ4n) is 1.56. The lowest BCUT2D eigenvalue weighted by atomic mass is 10.1. The van der Waals surface area contributed by atoms with Crippen LogP contribution in [-0.2, 0) is 12.8 Å². The first-order valence-corrected chi connectivity index (χ1v) is 6.19. The summed E-state index contributed by atoms with van der Waals surface area (Å²) >= 11 is 1.40. The Morgan fingerprint density at radius 3 is 2.67 bits per heavy atom. The average molecular weight is 272 g/mol. The minimum Gasteiger partial charge on any atom is -0.330 e. The van der Waals surface area contributed by atoms with Crippen molar-refractivity contribution in [3.8, 4) is 0 Å². The van der Waals surface area contributed by atoms with Crippen molar-refractivity contribution in [3.05, 3.63) is 51.2 Å². The van der Waals surface area contributed by atoms with Gasteiger partial charge in [-0.15, -0.1) is 11.3 Å². The van der Waals surface area contributed by atoms with E-state index in [-0.39, 0.29) is 12.0 Å². The van der Waals surface area contributed by atoms with E-state index in [0.29, 0.717) is 13.0 Å². The molecule has 18 heavy (non-hydrogen) atoms. The molecule has 1 aromatic carbocycles. The van der Waals surface area contributed by atoms with Gasteiger partial charge in [-0.1, -0.05) is 6.07 Å². The Morgan fingerprint density at radius 2 is 1.94 bits per heavy atom. The monoisotopic (exact) mass is 272 g/mol. The summed E-state index contributed by atoms with van der Waals surface area (Å²) < 4.78 is 39.3. The number of hydrogen-bond donors (Lipinski definition) is 1. The number of halogens is 3.